The molecule has 9 heteroatoms. The predicted octanol–water partition coefficient (Wildman–Crippen LogP) is 2.31. The van der Waals surface area contributed by atoms with E-state index >= 15 is 0 Å². The van der Waals surface area contributed by atoms with Crippen molar-refractivity contribution in [3.63, 3.8) is 0 Å². The highest BCUT2D eigenvalue weighted by atomic mass is 32.2. The summed E-state index contributed by atoms with van der Waals surface area (Å²) in [6.45, 7) is 1.94. The van der Waals surface area contributed by atoms with Gasteiger partial charge in [-0.1, -0.05) is 49.4 Å². The Balaban J connectivity index is 2.47. The highest BCUT2D eigenvalue weighted by molar-refractivity contribution is 7.88. The molecule has 1 N–H and O–H groups in total. The summed E-state index contributed by atoms with van der Waals surface area (Å²) < 4.78 is 38.0. The van der Waals surface area contributed by atoms with Crippen LogP contribution in [-0.4, -0.2) is 55.8 Å². The largest absolute Gasteiger partial charge is 0.354 e. The molecule has 0 aromatic heterocycles. The van der Waals surface area contributed by atoms with Gasteiger partial charge in [0.25, 0.3) is 0 Å². The van der Waals surface area contributed by atoms with Gasteiger partial charge >= 0.3 is 0 Å². The number of sulfonamides is 1. The fourth-order valence-electron chi connectivity index (χ4n) is 2.96. The van der Waals surface area contributed by atoms with Crippen LogP contribution in [0.2, 0.25) is 0 Å². The second-order valence-electron chi connectivity index (χ2n) is 7.27. The Hall–Kier alpha value is -2.78. The Morgan fingerprint density at radius 1 is 1.06 bits per heavy atom. The van der Waals surface area contributed by atoms with Crippen molar-refractivity contribution >= 4 is 21.8 Å². The van der Waals surface area contributed by atoms with Crippen molar-refractivity contribution in [1.29, 1.82) is 0 Å². The second kappa shape index (κ2) is 11.0. The zero-order valence-electron chi connectivity index (χ0n) is 17.9. The summed E-state index contributed by atoms with van der Waals surface area (Å²) >= 11 is 0. The van der Waals surface area contributed by atoms with E-state index in [1.165, 1.54) is 36.2 Å². The highest BCUT2D eigenvalue weighted by Crippen LogP contribution is 2.24. The van der Waals surface area contributed by atoms with Gasteiger partial charge in [0.05, 0.1) is 12.8 Å². The van der Waals surface area contributed by atoms with E-state index in [2.05, 4.69) is 5.32 Å². The summed E-state index contributed by atoms with van der Waals surface area (Å²) in [6.07, 6.45) is 1.73. The van der Waals surface area contributed by atoms with Crippen LogP contribution in [0.1, 0.15) is 30.5 Å². The van der Waals surface area contributed by atoms with Gasteiger partial charge in [-0.15, -0.1) is 0 Å². The second-order valence-corrected chi connectivity index (χ2v) is 9.36. The van der Waals surface area contributed by atoms with Crippen LogP contribution >= 0.6 is 0 Å². The van der Waals surface area contributed by atoms with Gasteiger partial charge in [-0.3, -0.25) is 9.59 Å². The number of benzene rings is 2. The third-order valence-electron chi connectivity index (χ3n) is 4.74. The van der Waals surface area contributed by atoms with Crippen LogP contribution in [0.3, 0.4) is 0 Å². The van der Waals surface area contributed by atoms with E-state index in [9.17, 15) is 22.4 Å². The molecule has 2 aromatic carbocycles. The molecule has 168 valence electrons. The van der Waals surface area contributed by atoms with E-state index < -0.39 is 34.3 Å². The van der Waals surface area contributed by atoms with Crippen molar-refractivity contribution in [3.8, 4) is 0 Å². The number of carbonyl (C=O) groups excluding carboxylic acids is 2. The minimum atomic E-state index is -3.60. The Morgan fingerprint density at radius 3 is 2.23 bits per heavy atom. The van der Waals surface area contributed by atoms with Crippen molar-refractivity contribution in [2.24, 2.45) is 0 Å². The van der Waals surface area contributed by atoms with Crippen LogP contribution in [0.5, 0.6) is 0 Å². The first-order valence-electron chi connectivity index (χ1n) is 9.91. The van der Waals surface area contributed by atoms with Crippen molar-refractivity contribution < 1.29 is 22.4 Å². The highest BCUT2D eigenvalue weighted by Gasteiger charge is 2.32. The number of hydrogen-bond acceptors (Lipinski definition) is 4. The van der Waals surface area contributed by atoms with Gasteiger partial charge in [-0.05, 0) is 29.7 Å². The third kappa shape index (κ3) is 7.15. The quantitative estimate of drug-likeness (QED) is 0.603. The maximum absolute atomic E-state index is 13.4. The first-order valence-corrected chi connectivity index (χ1v) is 11.8. The molecule has 31 heavy (non-hydrogen) atoms. The molecule has 2 amide bonds. The van der Waals surface area contributed by atoms with Crippen molar-refractivity contribution in [1.82, 2.24) is 14.5 Å². The molecule has 0 aliphatic rings. The summed E-state index contributed by atoms with van der Waals surface area (Å²) in [4.78, 5) is 27.6. The van der Waals surface area contributed by atoms with E-state index in [1.54, 1.807) is 30.3 Å². The molecule has 0 saturated carbocycles. The molecular weight excluding hydrogens is 421 g/mol. The lowest BCUT2D eigenvalue weighted by Gasteiger charge is -2.32. The predicted molar refractivity (Wildman–Crippen MR) is 117 cm³/mol. The molecule has 2 aromatic rings. The average Bonchev–Trinajstić information content (AvgIpc) is 2.73. The first-order chi connectivity index (χ1) is 14.6. The van der Waals surface area contributed by atoms with Gasteiger partial charge in [0.1, 0.15) is 11.9 Å². The smallest absolute Gasteiger partial charge is 0.247 e. The van der Waals surface area contributed by atoms with Gasteiger partial charge < -0.3 is 10.2 Å². The number of nitrogens with one attached hydrogen (secondary N) is 1. The molecule has 0 bridgehead atoms. The standard InChI is InChI=1S/C22H28FN3O4S/c1-4-14-24-22(28)21(18-8-6-5-7-9-18)26(15-17-10-12-19(23)13-11-17)20(27)16-25(2)31(3,29)30/h5-13,21H,4,14-16H2,1-3H3,(H,24,28)/t21-/m0/s1. The van der Waals surface area contributed by atoms with Crippen molar-refractivity contribution in [3.05, 3.63) is 71.5 Å². The zero-order valence-corrected chi connectivity index (χ0v) is 18.7. The zero-order chi connectivity index (χ0) is 23.0. The number of hydrogen-bond donors (Lipinski definition) is 1. The summed E-state index contributed by atoms with van der Waals surface area (Å²) in [5, 5.41) is 2.82. The van der Waals surface area contributed by atoms with Gasteiger partial charge in [0.15, 0.2) is 0 Å². The molecular formula is C22H28FN3O4S. The van der Waals surface area contributed by atoms with Gasteiger partial charge in [-0.2, -0.15) is 4.31 Å². The summed E-state index contributed by atoms with van der Waals surface area (Å²) in [5.74, 6) is -1.33. The van der Waals surface area contributed by atoms with Crippen LogP contribution in [0.25, 0.3) is 0 Å². The number of carbonyl (C=O) groups is 2. The number of likely N-dealkylation sites (N-methyl/N-ethyl adjacent to an activating group) is 1. The Kier molecular flexibility index (Phi) is 8.70. The molecule has 0 saturated heterocycles. The normalized spacial score (nSPS) is 12.4. The fourth-order valence-corrected chi connectivity index (χ4v) is 3.31. The Morgan fingerprint density at radius 2 is 1.68 bits per heavy atom. The van der Waals surface area contributed by atoms with Crippen molar-refractivity contribution in [2.75, 3.05) is 26.4 Å². The fraction of sp³-hybridized carbons (Fsp3) is 0.364. The minimum absolute atomic E-state index is 0.00974. The molecule has 7 nitrogen and oxygen atoms in total. The summed E-state index contributed by atoms with van der Waals surface area (Å²) in [5.41, 5.74) is 1.20. The molecule has 0 unspecified atom stereocenters. The minimum Gasteiger partial charge on any atom is -0.354 e. The number of halogens is 1. The van der Waals surface area contributed by atoms with E-state index in [4.69, 9.17) is 0 Å². The van der Waals surface area contributed by atoms with Gasteiger partial charge in [0, 0.05) is 20.1 Å². The van der Waals surface area contributed by atoms with Crippen LogP contribution in [0.4, 0.5) is 4.39 Å². The lowest BCUT2D eigenvalue weighted by atomic mass is 10.0. The maximum Gasteiger partial charge on any atom is 0.247 e. The third-order valence-corrected chi connectivity index (χ3v) is 6.00. The van der Waals surface area contributed by atoms with Crippen LogP contribution in [0.15, 0.2) is 54.6 Å². The number of rotatable bonds is 10. The molecule has 0 radical (unpaired) electrons. The van der Waals surface area contributed by atoms with E-state index in [0.717, 1.165) is 17.0 Å². The Bertz CT molecular complexity index is 982. The van der Waals surface area contributed by atoms with E-state index in [0.29, 0.717) is 17.7 Å². The van der Waals surface area contributed by atoms with Crippen LogP contribution < -0.4 is 5.32 Å². The summed E-state index contributed by atoms with van der Waals surface area (Å²) in [7, 11) is -2.30. The van der Waals surface area contributed by atoms with E-state index in [-0.39, 0.29) is 12.5 Å². The van der Waals surface area contributed by atoms with Gasteiger partial charge in [-0.25, -0.2) is 12.8 Å². The monoisotopic (exact) mass is 449 g/mol. The number of amides is 2. The van der Waals surface area contributed by atoms with Crippen molar-refractivity contribution in [2.45, 2.75) is 25.9 Å². The molecule has 0 aliphatic carbocycles. The first kappa shape index (κ1) is 24.5. The lowest BCUT2D eigenvalue weighted by molar-refractivity contribution is -0.141. The lowest BCUT2D eigenvalue weighted by Crippen LogP contribution is -2.47. The molecule has 0 aliphatic heterocycles. The van der Waals surface area contributed by atoms with E-state index in [1.807, 2.05) is 6.92 Å². The topological polar surface area (TPSA) is 86.8 Å². The van der Waals surface area contributed by atoms with Gasteiger partial charge in [0.2, 0.25) is 21.8 Å². The SMILES string of the molecule is CCCNC(=O)[C@H](c1ccccc1)N(Cc1ccc(F)cc1)C(=O)CN(C)S(C)(=O)=O. The molecule has 0 heterocycles. The Labute approximate surface area is 182 Å². The molecule has 0 fully saturated rings. The molecule has 2 rings (SSSR count). The molecule has 0 spiro atoms. The maximum atomic E-state index is 13.4. The van der Waals surface area contributed by atoms with Crippen LogP contribution in [0, 0.1) is 5.82 Å². The summed E-state index contributed by atoms with van der Waals surface area (Å²) in [6, 6.07) is 13.4. The number of nitrogens with zero attached hydrogens (tertiary/aromatic N) is 2. The van der Waals surface area contributed by atoms with Crippen LogP contribution in [-0.2, 0) is 26.2 Å². The average molecular weight is 450 g/mol. The molecule has 1 atom stereocenters.